The highest BCUT2D eigenvalue weighted by Crippen LogP contribution is 2.29. The third kappa shape index (κ3) is 5.04. The molecule has 0 bridgehead atoms. The van der Waals surface area contributed by atoms with Crippen molar-refractivity contribution in [1.29, 1.82) is 0 Å². The van der Waals surface area contributed by atoms with E-state index >= 15 is 0 Å². The van der Waals surface area contributed by atoms with Gasteiger partial charge in [0.2, 0.25) is 0 Å². The monoisotopic (exact) mass is 513 g/mol. The Bertz CT molecular complexity index is 1050. The van der Waals surface area contributed by atoms with Gasteiger partial charge in [0.25, 0.3) is 5.91 Å². The summed E-state index contributed by atoms with van der Waals surface area (Å²) in [7, 11) is 0. The van der Waals surface area contributed by atoms with Crippen molar-refractivity contribution in [2.24, 2.45) is 0 Å². The molecule has 0 saturated carbocycles. The third-order valence-corrected chi connectivity index (χ3v) is 4.53. The first-order valence-electron chi connectivity index (χ1n) is 8.39. The van der Waals surface area contributed by atoms with Crippen LogP contribution in [0.5, 0.6) is 0 Å². The van der Waals surface area contributed by atoms with Gasteiger partial charge in [-0.15, -0.1) is 0 Å². The molecule has 3 aromatic rings. The second kappa shape index (κ2) is 9.23. The van der Waals surface area contributed by atoms with Gasteiger partial charge in [-0.25, -0.2) is 23.6 Å². The van der Waals surface area contributed by atoms with Crippen molar-refractivity contribution in [3.8, 4) is 0 Å². The number of rotatable bonds is 6. The molecule has 0 fully saturated rings. The van der Waals surface area contributed by atoms with Crippen molar-refractivity contribution >= 4 is 40.0 Å². The molecule has 0 aliphatic carbocycles. The Labute approximate surface area is 178 Å². The van der Waals surface area contributed by atoms with E-state index < -0.39 is 34.6 Å². The Morgan fingerprint density at radius 1 is 1.14 bits per heavy atom. The molecule has 150 valence electrons. The molecule has 3 rings (SSSR count). The summed E-state index contributed by atoms with van der Waals surface area (Å²) in [6.07, 6.45) is 1.51. The Kier molecular flexibility index (Phi) is 6.70. The molecule has 0 atom stereocenters. The maximum absolute atomic E-state index is 14.4. The Morgan fingerprint density at radius 2 is 1.86 bits per heavy atom. The molecule has 0 saturated heterocycles. The number of pyridine rings is 1. The summed E-state index contributed by atoms with van der Waals surface area (Å²) in [5, 5.41) is 2.58. The summed E-state index contributed by atoms with van der Waals surface area (Å²) in [6, 6.07) is 11.3. The molecule has 0 aliphatic heterocycles. The first-order chi connectivity index (χ1) is 13.9. The van der Waals surface area contributed by atoms with E-state index in [-0.39, 0.29) is 12.4 Å². The van der Waals surface area contributed by atoms with E-state index in [2.05, 4.69) is 38.4 Å². The molecule has 1 amide bonds. The van der Waals surface area contributed by atoms with Gasteiger partial charge in [0.05, 0.1) is 17.9 Å². The first kappa shape index (κ1) is 21.1. The van der Waals surface area contributed by atoms with E-state index in [1.54, 1.807) is 37.3 Å². The number of hydrogen-bond donors (Lipinski definition) is 2. The minimum Gasteiger partial charge on any atom is -0.337 e. The van der Waals surface area contributed by atoms with Crippen molar-refractivity contribution in [3.05, 3.63) is 86.4 Å². The number of carbonyl (C=O) groups is 1. The van der Waals surface area contributed by atoms with Crippen LogP contribution in [0, 0.1) is 27.9 Å². The fourth-order valence-corrected chi connectivity index (χ4v) is 3.11. The van der Waals surface area contributed by atoms with Crippen LogP contribution in [-0.4, -0.2) is 10.9 Å². The average Bonchev–Trinajstić information content (AvgIpc) is 2.70. The maximum Gasteiger partial charge on any atom is 0.277 e. The quantitative estimate of drug-likeness (QED) is 0.276. The van der Waals surface area contributed by atoms with E-state index in [4.69, 9.17) is 4.84 Å². The zero-order valence-electron chi connectivity index (χ0n) is 15.1. The highest BCUT2D eigenvalue weighted by molar-refractivity contribution is 14.1. The molecule has 9 heteroatoms. The van der Waals surface area contributed by atoms with E-state index in [0.29, 0.717) is 11.6 Å². The van der Waals surface area contributed by atoms with E-state index in [1.807, 2.05) is 6.07 Å². The predicted octanol–water partition coefficient (Wildman–Crippen LogP) is 5.02. The Morgan fingerprint density at radius 3 is 2.55 bits per heavy atom. The summed E-state index contributed by atoms with van der Waals surface area (Å²) < 4.78 is 42.8. The first-order valence-corrected chi connectivity index (χ1v) is 9.47. The molecule has 2 N–H and O–H groups in total. The van der Waals surface area contributed by atoms with Crippen molar-refractivity contribution in [3.63, 3.8) is 0 Å². The van der Waals surface area contributed by atoms with Gasteiger partial charge < -0.3 is 5.32 Å². The number of halogens is 4. The van der Waals surface area contributed by atoms with Crippen LogP contribution in [0.15, 0.2) is 48.7 Å². The fourth-order valence-electron chi connectivity index (χ4n) is 2.50. The van der Waals surface area contributed by atoms with Crippen molar-refractivity contribution in [1.82, 2.24) is 10.5 Å². The third-order valence-electron chi connectivity index (χ3n) is 3.94. The van der Waals surface area contributed by atoms with Crippen LogP contribution in [0.25, 0.3) is 0 Å². The summed E-state index contributed by atoms with van der Waals surface area (Å²) in [6.45, 7) is 1.75. The van der Waals surface area contributed by atoms with Crippen molar-refractivity contribution in [2.45, 2.75) is 13.5 Å². The molecule has 29 heavy (non-hydrogen) atoms. The number of nitrogens with one attached hydrogen (secondary N) is 2. The standard InChI is InChI=1S/C20H15F3IN3O2/c1-11-7-13(24)9-25-19(11)26-18-14(8-15(21)16(22)17(18)23)20(28)27-29-10-12-5-3-2-4-6-12/h2-9H,10H2,1H3,(H,25,26)(H,27,28). The molecule has 1 aromatic heterocycles. The van der Waals surface area contributed by atoms with Gasteiger partial charge in [-0.3, -0.25) is 9.63 Å². The van der Waals surface area contributed by atoms with Crippen LogP contribution < -0.4 is 10.8 Å². The zero-order chi connectivity index (χ0) is 21.0. The van der Waals surface area contributed by atoms with Gasteiger partial charge in [0.1, 0.15) is 5.82 Å². The van der Waals surface area contributed by atoms with Crippen LogP contribution in [0.4, 0.5) is 24.7 Å². The molecule has 0 unspecified atom stereocenters. The van der Waals surface area contributed by atoms with Crippen LogP contribution in [0.1, 0.15) is 21.5 Å². The molecular formula is C20H15F3IN3O2. The topological polar surface area (TPSA) is 63.2 Å². The summed E-state index contributed by atoms with van der Waals surface area (Å²) in [5.74, 6) is -5.46. The number of hydrogen-bond acceptors (Lipinski definition) is 4. The van der Waals surface area contributed by atoms with Gasteiger partial charge in [0.15, 0.2) is 17.5 Å². The smallest absolute Gasteiger partial charge is 0.277 e. The Balaban J connectivity index is 1.85. The number of benzene rings is 2. The molecule has 2 aromatic carbocycles. The molecule has 0 spiro atoms. The lowest BCUT2D eigenvalue weighted by atomic mass is 10.1. The molecule has 0 aliphatic rings. The second-order valence-corrected chi connectivity index (χ2v) is 7.30. The number of aryl methyl sites for hydroxylation is 1. The molecule has 1 heterocycles. The van der Waals surface area contributed by atoms with Gasteiger partial charge in [0, 0.05) is 9.77 Å². The van der Waals surface area contributed by atoms with Crippen molar-refractivity contribution < 1.29 is 22.8 Å². The SMILES string of the molecule is Cc1cc(I)cnc1Nc1c(C(=O)NOCc2ccccc2)cc(F)c(F)c1F. The number of anilines is 2. The number of hydroxylamine groups is 1. The lowest BCUT2D eigenvalue weighted by Gasteiger charge is -2.15. The Hall–Kier alpha value is -2.66. The van der Waals surface area contributed by atoms with Crippen LogP contribution >= 0.6 is 22.6 Å². The maximum atomic E-state index is 14.4. The highest BCUT2D eigenvalue weighted by atomic mass is 127. The zero-order valence-corrected chi connectivity index (χ0v) is 17.3. The van der Waals surface area contributed by atoms with E-state index in [1.165, 1.54) is 6.20 Å². The van der Waals surface area contributed by atoms with Crippen molar-refractivity contribution in [2.75, 3.05) is 5.32 Å². The fraction of sp³-hybridized carbons (Fsp3) is 0.100. The number of amides is 1. The van der Waals surface area contributed by atoms with Crippen LogP contribution in [-0.2, 0) is 11.4 Å². The number of carbonyl (C=O) groups excluding carboxylic acids is 1. The van der Waals surface area contributed by atoms with Gasteiger partial charge >= 0.3 is 0 Å². The summed E-state index contributed by atoms with van der Waals surface area (Å²) >= 11 is 2.05. The number of nitrogens with zero attached hydrogens (tertiary/aromatic N) is 1. The lowest BCUT2D eigenvalue weighted by Crippen LogP contribution is -2.25. The average molecular weight is 513 g/mol. The summed E-state index contributed by atoms with van der Waals surface area (Å²) in [5.41, 5.74) is 2.52. The minimum atomic E-state index is -1.70. The number of aromatic nitrogens is 1. The van der Waals surface area contributed by atoms with Gasteiger partial charge in [-0.1, -0.05) is 30.3 Å². The largest absolute Gasteiger partial charge is 0.337 e. The predicted molar refractivity (Wildman–Crippen MR) is 110 cm³/mol. The highest BCUT2D eigenvalue weighted by Gasteiger charge is 2.24. The summed E-state index contributed by atoms with van der Waals surface area (Å²) in [4.78, 5) is 21.7. The molecular weight excluding hydrogens is 498 g/mol. The normalized spacial score (nSPS) is 10.7. The molecule has 5 nitrogen and oxygen atoms in total. The van der Waals surface area contributed by atoms with E-state index in [0.717, 1.165) is 9.13 Å². The van der Waals surface area contributed by atoms with Gasteiger partial charge in [-0.2, -0.15) is 0 Å². The van der Waals surface area contributed by atoms with Gasteiger partial charge in [-0.05, 0) is 52.8 Å². The second-order valence-electron chi connectivity index (χ2n) is 6.06. The molecule has 0 radical (unpaired) electrons. The van der Waals surface area contributed by atoms with E-state index in [9.17, 15) is 18.0 Å². The minimum absolute atomic E-state index is 0.0410. The lowest BCUT2D eigenvalue weighted by molar-refractivity contribution is 0.0233. The van der Waals surface area contributed by atoms with Crippen LogP contribution in [0.2, 0.25) is 0 Å². The van der Waals surface area contributed by atoms with Crippen LogP contribution in [0.3, 0.4) is 0 Å².